The van der Waals surface area contributed by atoms with E-state index in [-0.39, 0.29) is 36.6 Å². The highest BCUT2D eigenvalue weighted by Gasteiger charge is 2.36. The monoisotopic (exact) mass is 369 g/mol. The van der Waals surface area contributed by atoms with Gasteiger partial charge in [-0.3, -0.25) is 9.59 Å². The molecule has 0 aromatic heterocycles. The van der Waals surface area contributed by atoms with Gasteiger partial charge in [-0.1, -0.05) is 30.3 Å². The second-order valence-corrected chi connectivity index (χ2v) is 6.12. The van der Waals surface area contributed by atoms with Gasteiger partial charge in [0.25, 0.3) is 0 Å². The van der Waals surface area contributed by atoms with Gasteiger partial charge >= 0.3 is 0 Å². The first-order chi connectivity index (χ1) is 11.7. The Hall–Kier alpha value is -1.63. The average molecular weight is 370 g/mol. The Labute approximate surface area is 155 Å². The van der Waals surface area contributed by atoms with Crippen LogP contribution in [0.4, 0.5) is 0 Å². The number of benzene rings is 1. The first-order valence-electron chi connectivity index (χ1n) is 8.45. The minimum Gasteiger partial charge on any atom is -0.383 e. The quantitative estimate of drug-likeness (QED) is 0.711. The van der Waals surface area contributed by atoms with Crippen LogP contribution in [0.3, 0.4) is 0 Å². The summed E-state index contributed by atoms with van der Waals surface area (Å²) in [4.78, 5) is 28.5. The van der Waals surface area contributed by atoms with Crippen LogP contribution in [-0.4, -0.2) is 61.5 Å². The average Bonchev–Trinajstić information content (AvgIpc) is 2.97. The van der Waals surface area contributed by atoms with E-state index in [1.807, 2.05) is 35.2 Å². The Morgan fingerprint density at radius 2 is 2.08 bits per heavy atom. The Kier molecular flexibility index (Phi) is 9.49. The van der Waals surface area contributed by atoms with Crippen LogP contribution < -0.4 is 5.73 Å². The maximum Gasteiger partial charge on any atom is 0.228 e. The number of ether oxygens (including phenoxy) is 1. The Balaban J connectivity index is 0.00000312. The lowest BCUT2D eigenvalue weighted by Gasteiger charge is -2.25. The summed E-state index contributed by atoms with van der Waals surface area (Å²) < 4.78 is 5.02. The zero-order valence-electron chi connectivity index (χ0n) is 14.7. The Morgan fingerprint density at radius 3 is 2.72 bits per heavy atom. The van der Waals surface area contributed by atoms with Crippen molar-refractivity contribution in [1.82, 2.24) is 9.80 Å². The van der Waals surface area contributed by atoms with Gasteiger partial charge in [-0.15, -0.1) is 12.4 Å². The van der Waals surface area contributed by atoms with Crippen LogP contribution in [0, 0.1) is 5.92 Å². The van der Waals surface area contributed by atoms with Crippen LogP contribution in [0.5, 0.6) is 0 Å². The second kappa shape index (κ2) is 11.1. The van der Waals surface area contributed by atoms with Crippen LogP contribution in [0.15, 0.2) is 30.3 Å². The van der Waals surface area contributed by atoms with Crippen LogP contribution in [0.2, 0.25) is 0 Å². The largest absolute Gasteiger partial charge is 0.383 e. The van der Waals surface area contributed by atoms with Crippen molar-refractivity contribution >= 4 is 24.2 Å². The predicted octanol–water partition coefficient (Wildman–Crippen LogP) is 1.28. The third-order valence-corrected chi connectivity index (χ3v) is 4.29. The molecular formula is C18H28ClN3O3. The lowest BCUT2D eigenvalue weighted by atomic mass is 10.1. The summed E-state index contributed by atoms with van der Waals surface area (Å²) in [5.74, 6) is -0.194. The third-order valence-electron chi connectivity index (χ3n) is 4.29. The molecule has 2 rings (SSSR count). The van der Waals surface area contributed by atoms with Crippen molar-refractivity contribution in [2.75, 3.05) is 39.9 Å². The summed E-state index contributed by atoms with van der Waals surface area (Å²) in [6.07, 6.45) is 1.04. The summed E-state index contributed by atoms with van der Waals surface area (Å²) in [7, 11) is 1.61. The molecule has 0 radical (unpaired) electrons. The van der Waals surface area contributed by atoms with Gasteiger partial charge in [-0.2, -0.15) is 0 Å². The van der Waals surface area contributed by atoms with Gasteiger partial charge in [-0.25, -0.2) is 0 Å². The molecule has 1 fully saturated rings. The number of likely N-dealkylation sites (tertiary alicyclic amines) is 1. The summed E-state index contributed by atoms with van der Waals surface area (Å²) in [5, 5.41) is 0. The SMILES string of the molecule is COCCN1CC(C(=O)N(CCCN)Cc2ccccc2)CC1=O.Cl. The number of carbonyl (C=O) groups excluding carboxylic acids is 2. The fourth-order valence-electron chi connectivity index (χ4n) is 2.97. The lowest BCUT2D eigenvalue weighted by molar-refractivity contribution is -0.136. The zero-order chi connectivity index (χ0) is 17.4. The standard InChI is InChI=1S/C18H27N3O3.ClH/c1-24-11-10-20-14-16(12-17(20)22)18(23)21(9-5-8-19)13-15-6-3-2-4-7-15;/h2-4,6-7,16H,5,8-14,19H2,1H3;1H. The molecule has 1 aliphatic heterocycles. The molecule has 25 heavy (non-hydrogen) atoms. The van der Waals surface area contributed by atoms with Crippen molar-refractivity contribution in [1.29, 1.82) is 0 Å². The van der Waals surface area contributed by atoms with Crippen LogP contribution in [-0.2, 0) is 20.9 Å². The number of hydrogen-bond acceptors (Lipinski definition) is 4. The van der Waals surface area contributed by atoms with E-state index in [0.29, 0.717) is 39.3 Å². The van der Waals surface area contributed by atoms with E-state index in [1.54, 1.807) is 12.0 Å². The zero-order valence-corrected chi connectivity index (χ0v) is 15.5. The number of nitrogens with two attached hydrogens (primary N) is 1. The van der Waals surface area contributed by atoms with Gasteiger partial charge in [0.1, 0.15) is 0 Å². The highest BCUT2D eigenvalue weighted by molar-refractivity contribution is 5.89. The topological polar surface area (TPSA) is 75.9 Å². The van der Waals surface area contributed by atoms with Crippen molar-refractivity contribution < 1.29 is 14.3 Å². The smallest absolute Gasteiger partial charge is 0.228 e. The molecular weight excluding hydrogens is 342 g/mol. The maximum atomic E-state index is 12.9. The number of nitrogens with zero attached hydrogens (tertiary/aromatic N) is 2. The van der Waals surface area contributed by atoms with Crippen molar-refractivity contribution in [2.45, 2.75) is 19.4 Å². The van der Waals surface area contributed by atoms with Gasteiger partial charge in [0.15, 0.2) is 0 Å². The molecule has 6 nitrogen and oxygen atoms in total. The van der Waals surface area contributed by atoms with Crippen molar-refractivity contribution in [3.8, 4) is 0 Å². The minimum atomic E-state index is -0.268. The van der Waals surface area contributed by atoms with Gasteiger partial charge in [0.2, 0.25) is 11.8 Å². The van der Waals surface area contributed by atoms with E-state index in [9.17, 15) is 9.59 Å². The van der Waals surface area contributed by atoms with E-state index < -0.39 is 0 Å². The normalized spacial score (nSPS) is 16.6. The lowest BCUT2D eigenvalue weighted by Crippen LogP contribution is -2.38. The van der Waals surface area contributed by atoms with E-state index in [0.717, 1.165) is 12.0 Å². The van der Waals surface area contributed by atoms with E-state index in [4.69, 9.17) is 10.5 Å². The minimum absolute atomic E-state index is 0. The highest BCUT2D eigenvalue weighted by Crippen LogP contribution is 2.21. The predicted molar refractivity (Wildman–Crippen MR) is 99.3 cm³/mol. The number of hydrogen-bond donors (Lipinski definition) is 1. The van der Waals surface area contributed by atoms with Crippen LogP contribution >= 0.6 is 12.4 Å². The fraction of sp³-hybridized carbons (Fsp3) is 0.556. The first kappa shape index (κ1) is 21.4. The molecule has 1 aromatic carbocycles. The fourth-order valence-corrected chi connectivity index (χ4v) is 2.97. The second-order valence-electron chi connectivity index (χ2n) is 6.12. The number of rotatable bonds is 9. The molecule has 2 amide bonds. The molecule has 0 spiro atoms. The first-order valence-corrected chi connectivity index (χ1v) is 8.45. The molecule has 0 saturated carbocycles. The van der Waals surface area contributed by atoms with Crippen LogP contribution in [0.1, 0.15) is 18.4 Å². The van der Waals surface area contributed by atoms with Crippen LogP contribution in [0.25, 0.3) is 0 Å². The number of carbonyl (C=O) groups is 2. The van der Waals surface area contributed by atoms with Crippen molar-refractivity contribution in [3.63, 3.8) is 0 Å². The summed E-state index contributed by atoms with van der Waals surface area (Å²) in [6.45, 7) is 3.24. The van der Waals surface area contributed by atoms with Crippen molar-refractivity contribution in [2.24, 2.45) is 11.7 Å². The highest BCUT2D eigenvalue weighted by atomic mass is 35.5. The van der Waals surface area contributed by atoms with E-state index in [2.05, 4.69) is 0 Å². The summed E-state index contributed by atoms with van der Waals surface area (Å²) >= 11 is 0. The maximum absolute atomic E-state index is 12.9. The summed E-state index contributed by atoms with van der Waals surface area (Å²) in [5.41, 5.74) is 6.70. The van der Waals surface area contributed by atoms with E-state index >= 15 is 0 Å². The Bertz CT molecular complexity index is 542. The van der Waals surface area contributed by atoms with Gasteiger partial charge in [0.05, 0.1) is 12.5 Å². The third kappa shape index (κ3) is 6.30. The molecule has 2 N–H and O–H groups in total. The molecule has 140 valence electrons. The number of methoxy groups -OCH3 is 1. The molecule has 1 atom stereocenters. The molecule has 1 saturated heterocycles. The molecule has 0 bridgehead atoms. The number of amides is 2. The van der Waals surface area contributed by atoms with E-state index in [1.165, 1.54) is 0 Å². The molecule has 1 unspecified atom stereocenters. The summed E-state index contributed by atoms with van der Waals surface area (Å²) in [6, 6.07) is 9.90. The van der Waals surface area contributed by atoms with Gasteiger partial charge in [0, 0.05) is 39.7 Å². The molecule has 7 heteroatoms. The molecule has 0 aliphatic carbocycles. The van der Waals surface area contributed by atoms with Crippen molar-refractivity contribution in [3.05, 3.63) is 35.9 Å². The molecule has 1 aliphatic rings. The Morgan fingerprint density at radius 1 is 1.36 bits per heavy atom. The molecule has 1 heterocycles. The number of halogens is 1. The molecule has 1 aromatic rings. The van der Waals surface area contributed by atoms with Gasteiger partial charge in [-0.05, 0) is 18.5 Å². The van der Waals surface area contributed by atoms with Gasteiger partial charge < -0.3 is 20.3 Å².